The molecule has 3 heterocycles. The maximum Gasteiger partial charge on any atom is 0.387 e. The van der Waals surface area contributed by atoms with Crippen LogP contribution in [0.3, 0.4) is 0 Å². The van der Waals surface area contributed by atoms with E-state index in [-0.39, 0.29) is 17.7 Å². The minimum atomic E-state index is -2.93. The minimum Gasteiger partial charge on any atom is -0.435 e. The molecular weight excluding hydrogens is 422 g/mol. The molecule has 9 heteroatoms. The molecule has 0 unspecified atom stereocenters. The van der Waals surface area contributed by atoms with Crippen LogP contribution in [0.25, 0.3) is 10.9 Å². The lowest BCUT2D eigenvalue weighted by Gasteiger charge is -2.35. The van der Waals surface area contributed by atoms with E-state index in [4.69, 9.17) is 0 Å². The Balaban J connectivity index is 1.53. The predicted molar refractivity (Wildman–Crippen MR) is 115 cm³/mol. The number of aryl methyl sites for hydroxylation is 1. The summed E-state index contributed by atoms with van der Waals surface area (Å²) in [6, 6.07) is 10.5. The van der Waals surface area contributed by atoms with Crippen molar-refractivity contribution < 1.29 is 18.3 Å². The number of anilines is 1. The van der Waals surface area contributed by atoms with Crippen LogP contribution in [0.2, 0.25) is 0 Å². The molecule has 1 aliphatic rings. The third-order valence-electron chi connectivity index (χ3n) is 5.27. The van der Waals surface area contributed by atoms with Crippen molar-refractivity contribution in [3.63, 3.8) is 0 Å². The lowest BCUT2D eigenvalue weighted by Crippen LogP contribution is -2.44. The van der Waals surface area contributed by atoms with Crippen molar-refractivity contribution in [1.29, 1.82) is 5.26 Å². The monoisotopic (exact) mass is 442 g/mol. The Labute approximate surface area is 182 Å². The third kappa shape index (κ3) is 4.59. The van der Waals surface area contributed by atoms with Crippen molar-refractivity contribution in [2.75, 3.05) is 18.0 Å². The molecule has 1 saturated heterocycles. The van der Waals surface area contributed by atoms with Crippen LogP contribution < -0.4 is 15.0 Å². The number of carbonyl (C=O) groups is 1. The highest BCUT2D eigenvalue weighted by atomic mass is 32.1. The summed E-state index contributed by atoms with van der Waals surface area (Å²) < 4.78 is 29.8. The fourth-order valence-electron chi connectivity index (χ4n) is 3.82. The predicted octanol–water partition coefficient (Wildman–Crippen LogP) is 4.48. The van der Waals surface area contributed by atoms with Crippen LogP contribution in [0, 0.1) is 18.3 Å². The van der Waals surface area contributed by atoms with Crippen LogP contribution in [-0.4, -0.2) is 36.6 Å². The van der Waals surface area contributed by atoms with Gasteiger partial charge in [0, 0.05) is 35.6 Å². The molecule has 4 rings (SSSR count). The quantitative estimate of drug-likeness (QED) is 0.631. The molecule has 0 radical (unpaired) electrons. The number of piperidine rings is 1. The lowest BCUT2D eigenvalue weighted by molar-refractivity contribution is -0.0497. The average Bonchev–Trinajstić information content (AvgIpc) is 3.19. The van der Waals surface area contributed by atoms with Gasteiger partial charge in [0.25, 0.3) is 5.91 Å². The Hall–Kier alpha value is -3.25. The molecular formula is C22H20F2N4O2S. The number of nitrogens with one attached hydrogen (secondary N) is 1. The molecule has 6 nitrogen and oxygen atoms in total. The van der Waals surface area contributed by atoms with Gasteiger partial charge in [-0.25, -0.2) is 0 Å². The first-order chi connectivity index (χ1) is 14.9. The van der Waals surface area contributed by atoms with Crippen molar-refractivity contribution in [3.05, 3.63) is 51.8 Å². The van der Waals surface area contributed by atoms with E-state index in [9.17, 15) is 18.8 Å². The normalized spacial score (nSPS) is 14.6. The molecule has 0 spiro atoms. The number of pyridine rings is 1. The molecule has 1 aliphatic heterocycles. The van der Waals surface area contributed by atoms with Gasteiger partial charge < -0.3 is 15.0 Å². The molecule has 0 bridgehead atoms. The molecule has 31 heavy (non-hydrogen) atoms. The fraction of sp³-hybridized carbons (Fsp3) is 0.318. The Kier molecular flexibility index (Phi) is 6.00. The van der Waals surface area contributed by atoms with Crippen molar-refractivity contribution >= 4 is 33.8 Å². The largest absolute Gasteiger partial charge is 0.435 e. The molecule has 2 aromatic heterocycles. The fourth-order valence-corrected chi connectivity index (χ4v) is 4.59. The van der Waals surface area contributed by atoms with Crippen LogP contribution in [-0.2, 0) is 0 Å². The third-order valence-corrected chi connectivity index (χ3v) is 6.27. The van der Waals surface area contributed by atoms with Gasteiger partial charge in [-0.3, -0.25) is 9.78 Å². The van der Waals surface area contributed by atoms with E-state index in [1.807, 2.05) is 24.0 Å². The zero-order valence-corrected chi connectivity index (χ0v) is 17.6. The Bertz CT molecular complexity index is 1150. The van der Waals surface area contributed by atoms with Crippen LogP contribution in [0.4, 0.5) is 14.5 Å². The standard InChI is InChI=1S/C22H20F2N4O2S/c1-13-2-5-19(31-13)21(29)27-15-6-8-28(9-7-15)20-14(11-25)12-26-18-4-3-16(10-17(18)20)30-22(23)24/h2-5,10,12,15,22H,6-9H2,1H3,(H,27,29). The minimum absolute atomic E-state index is 0.0223. The maximum atomic E-state index is 12.7. The number of carbonyl (C=O) groups excluding carboxylic acids is 1. The van der Waals surface area contributed by atoms with E-state index in [0.29, 0.717) is 53.0 Å². The van der Waals surface area contributed by atoms with E-state index in [1.54, 1.807) is 6.07 Å². The van der Waals surface area contributed by atoms with E-state index < -0.39 is 6.61 Å². The van der Waals surface area contributed by atoms with Gasteiger partial charge in [0.15, 0.2) is 0 Å². The highest BCUT2D eigenvalue weighted by Gasteiger charge is 2.25. The number of hydrogen-bond acceptors (Lipinski definition) is 6. The molecule has 3 aromatic rings. The number of alkyl halides is 2. The van der Waals surface area contributed by atoms with Crippen LogP contribution in [0.5, 0.6) is 5.75 Å². The average molecular weight is 442 g/mol. The second-order valence-corrected chi connectivity index (χ2v) is 8.62. The van der Waals surface area contributed by atoms with Gasteiger partial charge >= 0.3 is 6.61 Å². The summed E-state index contributed by atoms with van der Waals surface area (Å²) in [7, 11) is 0. The number of ether oxygens (including phenoxy) is 1. The molecule has 1 N–H and O–H groups in total. The summed E-state index contributed by atoms with van der Waals surface area (Å²) in [4.78, 5) is 20.5. The smallest absolute Gasteiger partial charge is 0.387 e. The number of nitriles is 1. The van der Waals surface area contributed by atoms with E-state index in [0.717, 1.165) is 4.88 Å². The van der Waals surface area contributed by atoms with E-state index >= 15 is 0 Å². The summed E-state index contributed by atoms with van der Waals surface area (Å²) >= 11 is 1.46. The van der Waals surface area contributed by atoms with Crippen molar-refractivity contribution in [2.45, 2.75) is 32.4 Å². The van der Waals surface area contributed by atoms with Crippen LogP contribution in [0.15, 0.2) is 36.5 Å². The summed E-state index contributed by atoms with van der Waals surface area (Å²) in [5, 5.41) is 13.3. The van der Waals surface area contributed by atoms with Gasteiger partial charge in [0.1, 0.15) is 11.8 Å². The lowest BCUT2D eigenvalue weighted by atomic mass is 10.0. The number of fused-ring (bicyclic) bond motifs is 1. The summed E-state index contributed by atoms with van der Waals surface area (Å²) in [5.74, 6) is -0.0496. The molecule has 0 aliphatic carbocycles. The number of nitrogens with zero attached hydrogens (tertiary/aromatic N) is 3. The topological polar surface area (TPSA) is 78.3 Å². The molecule has 160 valence electrons. The molecule has 1 aromatic carbocycles. The van der Waals surface area contributed by atoms with Crippen molar-refractivity contribution in [2.24, 2.45) is 0 Å². The molecule has 0 atom stereocenters. The second-order valence-electron chi connectivity index (χ2n) is 7.33. The number of benzene rings is 1. The SMILES string of the molecule is Cc1ccc(C(=O)NC2CCN(c3c(C#N)cnc4ccc(OC(F)F)cc34)CC2)s1. The summed E-state index contributed by atoms with van der Waals surface area (Å²) in [6.45, 7) is 0.257. The van der Waals surface area contributed by atoms with Crippen molar-refractivity contribution in [3.8, 4) is 11.8 Å². The van der Waals surface area contributed by atoms with Gasteiger partial charge in [-0.1, -0.05) is 0 Å². The van der Waals surface area contributed by atoms with Crippen LogP contribution in [0.1, 0.15) is 33.0 Å². The second kappa shape index (κ2) is 8.86. The zero-order valence-electron chi connectivity index (χ0n) is 16.8. The number of thiophene rings is 1. The molecule has 1 fully saturated rings. The highest BCUT2D eigenvalue weighted by Crippen LogP contribution is 2.34. The first kappa shape index (κ1) is 21.0. The van der Waals surface area contributed by atoms with E-state index in [1.165, 1.54) is 29.7 Å². The molecule has 0 saturated carbocycles. The number of halogens is 2. The molecule has 1 amide bonds. The van der Waals surface area contributed by atoms with Gasteiger partial charge in [0.2, 0.25) is 0 Å². The van der Waals surface area contributed by atoms with E-state index in [2.05, 4.69) is 21.1 Å². The first-order valence-corrected chi connectivity index (χ1v) is 10.7. The summed E-state index contributed by atoms with van der Waals surface area (Å²) in [5.41, 5.74) is 1.63. The highest BCUT2D eigenvalue weighted by molar-refractivity contribution is 7.13. The zero-order chi connectivity index (χ0) is 22.0. The number of amides is 1. The van der Waals surface area contributed by atoms with Gasteiger partial charge in [-0.15, -0.1) is 11.3 Å². The van der Waals surface area contributed by atoms with Crippen molar-refractivity contribution in [1.82, 2.24) is 10.3 Å². The number of aromatic nitrogens is 1. The first-order valence-electron chi connectivity index (χ1n) is 9.84. The maximum absolute atomic E-state index is 12.7. The Morgan fingerprint density at radius 1 is 1.32 bits per heavy atom. The Morgan fingerprint density at radius 2 is 2.10 bits per heavy atom. The summed E-state index contributed by atoms with van der Waals surface area (Å²) in [6.07, 6.45) is 2.91. The van der Waals surface area contributed by atoms with Gasteiger partial charge in [0.05, 0.1) is 21.6 Å². The number of rotatable bonds is 5. The Morgan fingerprint density at radius 3 is 2.74 bits per heavy atom. The van der Waals surface area contributed by atoms with Crippen LogP contribution >= 0.6 is 11.3 Å². The van der Waals surface area contributed by atoms with Gasteiger partial charge in [-0.2, -0.15) is 14.0 Å². The number of hydrogen-bond donors (Lipinski definition) is 1. The van der Waals surface area contributed by atoms with Gasteiger partial charge in [-0.05, 0) is 50.1 Å².